The number of hydrogen-bond acceptors (Lipinski definition) is 2. The molecule has 18 heavy (non-hydrogen) atoms. The molecule has 2 atom stereocenters. The van der Waals surface area contributed by atoms with Crippen molar-refractivity contribution in [2.45, 2.75) is 45.4 Å². The summed E-state index contributed by atoms with van der Waals surface area (Å²) in [5.41, 5.74) is 8.16. The minimum atomic E-state index is -0.278. The Morgan fingerprint density at radius 1 is 1.33 bits per heavy atom. The zero-order valence-corrected chi connectivity index (χ0v) is 11.9. The molecule has 1 rings (SSSR count). The predicted octanol–water partition coefficient (Wildman–Crippen LogP) is 3.01. The van der Waals surface area contributed by atoms with E-state index < -0.39 is 0 Å². The second-order valence-corrected chi connectivity index (χ2v) is 5.56. The van der Waals surface area contributed by atoms with Crippen LogP contribution in [0.1, 0.15) is 44.2 Å². The van der Waals surface area contributed by atoms with Crippen LogP contribution in [0.25, 0.3) is 0 Å². The monoisotopic (exact) mass is 249 g/mol. The molecule has 0 aromatic heterocycles. The minimum absolute atomic E-state index is 0.127. The van der Waals surface area contributed by atoms with Crippen LogP contribution in [0.2, 0.25) is 0 Å². The Hall–Kier alpha value is -0.860. The van der Waals surface area contributed by atoms with Gasteiger partial charge in [0.15, 0.2) is 0 Å². The van der Waals surface area contributed by atoms with Crippen molar-refractivity contribution in [2.24, 2.45) is 11.7 Å². The lowest BCUT2D eigenvalue weighted by Crippen LogP contribution is -2.41. The van der Waals surface area contributed by atoms with Crippen LogP contribution in [0.3, 0.4) is 0 Å². The van der Waals surface area contributed by atoms with Gasteiger partial charge in [0.1, 0.15) is 0 Å². The molecule has 0 saturated carbocycles. The van der Waals surface area contributed by atoms with E-state index in [-0.39, 0.29) is 12.0 Å². The smallest absolute Gasteiger partial charge is 0.0540 e. The first kappa shape index (κ1) is 15.2. The predicted molar refractivity (Wildman–Crippen MR) is 77.7 cm³/mol. The Labute approximate surface area is 111 Å². The normalized spacial score (nSPS) is 16.3. The van der Waals surface area contributed by atoms with Crippen molar-refractivity contribution in [3.05, 3.63) is 35.4 Å². The molecule has 2 heteroatoms. The maximum Gasteiger partial charge on any atom is 0.0540 e. The van der Waals surface area contributed by atoms with Gasteiger partial charge in [0.2, 0.25) is 0 Å². The number of hydrogen-bond donors (Lipinski definition) is 2. The Balaban J connectivity index is 3.03. The molecule has 0 amide bonds. The van der Waals surface area contributed by atoms with E-state index in [1.807, 2.05) is 12.1 Å². The standard InChI is InChI=1S/C16H27NO/c1-4-7-13(2)10-16(11-17,12-18)15-9-6-5-8-14(15)3/h5-6,8-9,13,18H,4,7,10-12,17H2,1-3H3. The third kappa shape index (κ3) is 3.33. The molecule has 0 saturated heterocycles. The number of aliphatic hydroxyl groups is 1. The molecule has 0 spiro atoms. The lowest BCUT2D eigenvalue weighted by molar-refractivity contribution is 0.169. The van der Waals surface area contributed by atoms with Crippen molar-refractivity contribution in [1.82, 2.24) is 0 Å². The number of aryl methyl sites for hydroxylation is 1. The number of aliphatic hydroxyl groups excluding tert-OH is 1. The first-order valence-corrected chi connectivity index (χ1v) is 6.96. The van der Waals surface area contributed by atoms with Gasteiger partial charge in [-0.25, -0.2) is 0 Å². The second kappa shape index (κ2) is 6.91. The van der Waals surface area contributed by atoms with Gasteiger partial charge in [0, 0.05) is 12.0 Å². The molecule has 0 radical (unpaired) electrons. The Kier molecular flexibility index (Phi) is 5.83. The van der Waals surface area contributed by atoms with Crippen LogP contribution in [-0.4, -0.2) is 18.3 Å². The molecule has 0 fully saturated rings. The van der Waals surface area contributed by atoms with Crippen molar-refractivity contribution >= 4 is 0 Å². The number of rotatable bonds is 7. The van der Waals surface area contributed by atoms with Crippen LogP contribution >= 0.6 is 0 Å². The molecule has 2 unspecified atom stereocenters. The fourth-order valence-electron chi connectivity index (χ4n) is 2.95. The third-order valence-electron chi connectivity index (χ3n) is 3.93. The van der Waals surface area contributed by atoms with Gasteiger partial charge in [-0.05, 0) is 30.4 Å². The highest BCUT2D eigenvalue weighted by molar-refractivity contribution is 5.34. The second-order valence-electron chi connectivity index (χ2n) is 5.56. The van der Waals surface area contributed by atoms with Gasteiger partial charge in [-0.1, -0.05) is 51.0 Å². The molecule has 1 aromatic rings. The summed E-state index contributed by atoms with van der Waals surface area (Å²) in [5.74, 6) is 0.588. The van der Waals surface area contributed by atoms with Crippen molar-refractivity contribution in [3.8, 4) is 0 Å². The van der Waals surface area contributed by atoms with E-state index in [9.17, 15) is 5.11 Å². The Morgan fingerprint density at radius 3 is 2.50 bits per heavy atom. The zero-order valence-electron chi connectivity index (χ0n) is 11.9. The molecule has 2 nitrogen and oxygen atoms in total. The van der Waals surface area contributed by atoms with Crippen LogP contribution in [-0.2, 0) is 5.41 Å². The van der Waals surface area contributed by atoms with Gasteiger partial charge in [0.05, 0.1) is 6.61 Å². The molecule has 0 aliphatic heterocycles. The molecule has 0 aliphatic carbocycles. The summed E-state index contributed by atoms with van der Waals surface area (Å²) in [7, 11) is 0. The maximum atomic E-state index is 9.89. The van der Waals surface area contributed by atoms with Crippen molar-refractivity contribution in [2.75, 3.05) is 13.2 Å². The summed E-state index contributed by atoms with van der Waals surface area (Å²) in [6, 6.07) is 8.27. The van der Waals surface area contributed by atoms with Crippen LogP contribution in [0, 0.1) is 12.8 Å². The molecular weight excluding hydrogens is 222 g/mol. The minimum Gasteiger partial charge on any atom is -0.395 e. The lowest BCUT2D eigenvalue weighted by Gasteiger charge is -2.35. The van der Waals surface area contributed by atoms with E-state index in [4.69, 9.17) is 5.73 Å². The van der Waals surface area contributed by atoms with Gasteiger partial charge >= 0.3 is 0 Å². The molecule has 102 valence electrons. The molecule has 3 N–H and O–H groups in total. The average Bonchev–Trinajstić information content (AvgIpc) is 2.37. The van der Waals surface area contributed by atoms with Crippen molar-refractivity contribution in [1.29, 1.82) is 0 Å². The van der Waals surface area contributed by atoms with E-state index in [1.54, 1.807) is 0 Å². The topological polar surface area (TPSA) is 46.2 Å². The van der Waals surface area contributed by atoms with Gasteiger partial charge in [0.25, 0.3) is 0 Å². The highest BCUT2D eigenvalue weighted by Crippen LogP contribution is 2.33. The molecule has 0 aliphatic rings. The SMILES string of the molecule is CCCC(C)CC(CN)(CO)c1ccccc1C. The van der Waals surface area contributed by atoms with Gasteiger partial charge in [-0.15, -0.1) is 0 Å². The Bertz CT molecular complexity index is 358. The largest absolute Gasteiger partial charge is 0.395 e. The van der Waals surface area contributed by atoms with Crippen molar-refractivity contribution < 1.29 is 5.11 Å². The van der Waals surface area contributed by atoms with Gasteiger partial charge < -0.3 is 10.8 Å². The van der Waals surface area contributed by atoms with E-state index in [2.05, 4.69) is 32.9 Å². The van der Waals surface area contributed by atoms with Crippen LogP contribution in [0.15, 0.2) is 24.3 Å². The molecular formula is C16H27NO. The quantitative estimate of drug-likeness (QED) is 0.780. The fraction of sp³-hybridized carbons (Fsp3) is 0.625. The summed E-state index contributed by atoms with van der Waals surface area (Å²) in [4.78, 5) is 0. The highest BCUT2D eigenvalue weighted by Gasteiger charge is 2.32. The van der Waals surface area contributed by atoms with E-state index >= 15 is 0 Å². The Morgan fingerprint density at radius 2 is 2.00 bits per heavy atom. The van der Waals surface area contributed by atoms with Crippen molar-refractivity contribution in [3.63, 3.8) is 0 Å². The summed E-state index contributed by atoms with van der Waals surface area (Å²) in [5, 5.41) is 9.89. The summed E-state index contributed by atoms with van der Waals surface area (Å²) >= 11 is 0. The molecule has 1 aromatic carbocycles. The number of nitrogens with two attached hydrogens (primary N) is 1. The van der Waals surface area contributed by atoms with E-state index in [0.717, 1.165) is 6.42 Å². The van der Waals surface area contributed by atoms with Crippen LogP contribution in [0.4, 0.5) is 0 Å². The fourth-order valence-corrected chi connectivity index (χ4v) is 2.95. The third-order valence-corrected chi connectivity index (χ3v) is 3.93. The first-order chi connectivity index (χ1) is 8.59. The van der Waals surface area contributed by atoms with Gasteiger partial charge in [-0.2, -0.15) is 0 Å². The van der Waals surface area contributed by atoms with Gasteiger partial charge in [-0.3, -0.25) is 0 Å². The van der Waals surface area contributed by atoms with Crippen LogP contribution < -0.4 is 5.73 Å². The number of benzene rings is 1. The molecule has 0 heterocycles. The first-order valence-electron chi connectivity index (χ1n) is 6.96. The van der Waals surface area contributed by atoms with Crippen LogP contribution in [0.5, 0.6) is 0 Å². The zero-order chi connectivity index (χ0) is 13.6. The summed E-state index contributed by atoms with van der Waals surface area (Å²) < 4.78 is 0. The van der Waals surface area contributed by atoms with E-state index in [0.29, 0.717) is 12.5 Å². The molecule has 0 bridgehead atoms. The summed E-state index contributed by atoms with van der Waals surface area (Å²) in [6.07, 6.45) is 3.33. The van der Waals surface area contributed by atoms with E-state index in [1.165, 1.54) is 24.0 Å². The highest BCUT2D eigenvalue weighted by atomic mass is 16.3. The summed E-state index contributed by atoms with van der Waals surface area (Å²) in [6.45, 7) is 7.18. The lowest BCUT2D eigenvalue weighted by atomic mass is 9.72. The maximum absolute atomic E-state index is 9.89. The average molecular weight is 249 g/mol.